The van der Waals surface area contributed by atoms with Crippen LogP contribution in [0.15, 0.2) is 54.9 Å². The Labute approximate surface area is 109 Å². The van der Waals surface area contributed by atoms with Gasteiger partial charge in [0.15, 0.2) is 0 Å². The van der Waals surface area contributed by atoms with Crippen molar-refractivity contribution in [2.75, 3.05) is 0 Å². The maximum absolute atomic E-state index is 12.8. The number of hydrogen-bond donors (Lipinski definition) is 1. The minimum atomic E-state index is -0.405. The molecule has 0 aliphatic carbocycles. The molecule has 0 aliphatic heterocycles. The number of halogens is 1. The average molecular weight is 253 g/mol. The summed E-state index contributed by atoms with van der Waals surface area (Å²) in [5.41, 5.74) is 8.54. The average Bonchev–Trinajstić information content (AvgIpc) is 2.47. The molecule has 1 unspecified atom stereocenters. The fraction of sp³-hybridized carbons (Fsp3) is 0.0667. The standard InChI is InChI=1S/C15H12FN3/c16-12-5-6-14(19-9-12)15(17)11-7-10-3-1-2-4-13(10)18-8-11/h1-9,15H,17H2. The van der Waals surface area contributed by atoms with Gasteiger partial charge in [-0.2, -0.15) is 0 Å². The van der Waals surface area contributed by atoms with Crippen LogP contribution < -0.4 is 5.73 Å². The zero-order chi connectivity index (χ0) is 13.2. The molecule has 2 heterocycles. The maximum atomic E-state index is 12.8. The molecule has 0 fully saturated rings. The quantitative estimate of drug-likeness (QED) is 0.764. The Bertz CT molecular complexity index is 710. The van der Waals surface area contributed by atoms with Gasteiger partial charge in [0.25, 0.3) is 0 Å². The van der Waals surface area contributed by atoms with Gasteiger partial charge >= 0.3 is 0 Å². The van der Waals surface area contributed by atoms with E-state index in [2.05, 4.69) is 9.97 Å². The molecule has 0 aliphatic rings. The highest BCUT2D eigenvalue weighted by molar-refractivity contribution is 5.78. The molecule has 2 N–H and O–H groups in total. The summed E-state index contributed by atoms with van der Waals surface area (Å²) in [6, 6.07) is 12.4. The summed E-state index contributed by atoms with van der Waals surface area (Å²) in [6.07, 6.45) is 2.90. The summed E-state index contributed by atoms with van der Waals surface area (Å²) in [5, 5.41) is 1.03. The minimum absolute atomic E-state index is 0.368. The van der Waals surface area contributed by atoms with E-state index < -0.39 is 6.04 Å². The highest BCUT2D eigenvalue weighted by Crippen LogP contribution is 2.21. The van der Waals surface area contributed by atoms with E-state index in [4.69, 9.17) is 5.73 Å². The third kappa shape index (κ3) is 2.30. The van der Waals surface area contributed by atoms with Crippen LogP contribution in [0.5, 0.6) is 0 Å². The topological polar surface area (TPSA) is 51.8 Å². The number of fused-ring (bicyclic) bond motifs is 1. The number of pyridine rings is 2. The summed E-state index contributed by atoms with van der Waals surface area (Å²) in [4.78, 5) is 8.37. The zero-order valence-corrected chi connectivity index (χ0v) is 10.1. The number of nitrogens with zero attached hydrogens (tertiary/aromatic N) is 2. The van der Waals surface area contributed by atoms with Gasteiger partial charge in [-0.3, -0.25) is 9.97 Å². The third-order valence-electron chi connectivity index (χ3n) is 3.04. The normalized spacial score (nSPS) is 12.5. The number of hydrogen-bond acceptors (Lipinski definition) is 3. The molecule has 3 rings (SSSR count). The van der Waals surface area contributed by atoms with E-state index in [0.29, 0.717) is 5.69 Å². The number of rotatable bonds is 2. The van der Waals surface area contributed by atoms with Crippen LogP contribution in [0.1, 0.15) is 17.3 Å². The SMILES string of the molecule is NC(c1cnc2ccccc2c1)c1ccc(F)cn1. The van der Waals surface area contributed by atoms with E-state index in [1.807, 2.05) is 30.3 Å². The van der Waals surface area contributed by atoms with Crippen molar-refractivity contribution in [3.05, 3.63) is 71.9 Å². The molecule has 3 aromatic rings. The number of nitrogens with two attached hydrogens (primary N) is 1. The van der Waals surface area contributed by atoms with Crippen LogP contribution >= 0.6 is 0 Å². The van der Waals surface area contributed by atoms with Crippen LogP contribution in [0.2, 0.25) is 0 Å². The fourth-order valence-electron chi connectivity index (χ4n) is 2.00. The van der Waals surface area contributed by atoms with Crippen molar-refractivity contribution in [3.8, 4) is 0 Å². The highest BCUT2D eigenvalue weighted by atomic mass is 19.1. The van der Waals surface area contributed by atoms with Gasteiger partial charge < -0.3 is 5.73 Å². The van der Waals surface area contributed by atoms with Gasteiger partial charge in [0.2, 0.25) is 0 Å². The summed E-state index contributed by atoms with van der Waals surface area (Å²) in [6.45, 7) is 0. The predicted octanol–water partition coefficient (Wildman–Crippen LogP) is 2.82. The zero-order valence-electron chi connectivity index (χ0n) is 10.1. The van der Waals surface area contributed by atoms with Crippen molar-refractivity contribution in [2.45, 2.75) is 6.04 Å². The van der Waals surface area contributed by atoms with Crippen molar-refractivity contribution in [3.63, 3.8) is 0 Å². The Kier molecular flexibility index (Phi) is 2.93. The molecule has 1 atom stereocenters. The fourth-order valence-corrected chi connectivity index (χ4v) is 2.00. The molecule has 0 saturated carbocycles. The lowest BCUT2D eigenvalue weighted by Gasteiger charge is -2.11. The molecule has 0 saturated heterocycles. The Morgan fingerprint density at radius 2 is 1.84 bits per heavy atom. The molecule has 3 nitrogen and oxygen atoms in total. The van der Waals surface area contributed by atoms with E-state index in [-0.39, 0.29) is 5.82 Å². The van der Waals surface area contributed by atoms with Crippen LogP contribution in [0.4, 0.5) is 4.39 Å². The van der Waals surface area contributed by atoms with Gasteiger partial charge in [0, 0.05) is 11.6 Å². The molecule has 19 heavy (non-hydrogen) atoms. The van der Waals surface area contributed by atoms with Gasteiger partial charge in [-0.25, -0.2) is 4.39 Å². The van der Waals surface area contributed by atoms with E-state index in [1.165, 1.54) is 12.3 Å². The second-order valence-corrected chi connectivity index (χ2v) is 4.34. The van der Waals surface area contributed by atoms with Gasteiger partial charge in [-0.15, -0.1) is 0 Å². The molecule has 0 radical (unpaired) electrons. The van der Waals surface area contributed by atoms with Gasteiger partial charge in [0.1, 0.15) is 5.82 Å². The lowest BCUT2D eigenvalue weighted by Crippen LogP contribution is -2.13. The Morgan fingerprint density at radius 3 is 2.63 bits per heavy atom. The number of para-hydroxylation sites is 1. The van der Waals surface area contributed by atoms with Gasteiger partial charge in [-0.05, 0) is 29.8 Å². The van der Waals surface area contributed by atoms with E-state index >= 15 is 0 Å². The molecule has 4 heteroatoms. The van der Waals surface area contributed by atoms with E-state index in [0.717, 1.165) is 16.5 Å². The molecule has 0 bridgehead atoms. The van der Waals surface area contributed by atoms with Crippen molar-refractivity contribution in [1.29, 1.82) is 0 Å². The van der Waals surface area contributed by atoms with Crippen molar-refractivity contribution in [1.82, 2.24) is 9.97 Å². The molecular weight excluding hydrogens is 241 g/mol. The van der Waals surface area contributed by atoms with E-state index in [1.54, 1.807) is 12.3 Å². The van der Waals surface area contributed by atoms with Crippen LogP contribution in [-0.4, -0.2) is 9.97 Å². The Morgan fingerprint density at radius 1 is 1.00 bits per heavy atom. The first-order chi connectivity index (χ1) is 9.24. The summed E-state index contributed by atoms with van der Waals surface area (Å²) < 4.78 is 12.8. The largest absolute Gasteiger partial charge is 0.319 e. The molecule has 2 aromatic heterocycles. The summed E-state index contributed by atoms with van der Waals surface area (Å²) >= 11 is 0. The van der Waals surface area contributed by atoms with Crippen molar-refractivity contribution < 1.29 is 4.39 Å². The molecule has 0 amide bonds. The van der Waals surface area contributed by atoms with Crippen molar-refractivity contribution >= 4 is 10.9 Å². The molecule has 94 valence electrons. The first kappa shape index (κ1) is 11.7. The lowest BCUT2D eigenvalue weighted by atomic mass is 10.0. The lowest BCUT2D eigenvalue weighted by molar-refractivity contribution is 0.617. The maximum Gasteiger partial charge on any atom is 0.141 e. The van der Waals surface area contributed by atoms with Gasteiger partial charge in [0.05, 0.1) is 23.4 Å². The first-order valence-corrected chi connectivity index (χ1v) is 5.96. The first-order valence-electron chi connectivity index (χ1n) is 5.96. The molecule has 0 spiro atoms. The monoisotopic (exact) mass is 253 g/mol. The third-order valence-corrected chi connectivity index (χ3v) is 3.04. The Hall–Kier alpha value is -2.33. The summed E-state index contributed by atoms with van der Waals surface area (Å²) in [5.74, 6) is -0.368. The smallest absolute Gasteiger partial charge is 0.141 e. The minimum Gasteiger partial charge on any atom is -0.319 e. The van der Waals surface area contributed by atoms with Crippen LogP contribution in [0.25, 0.3) is 10.9 Å². The second kappa shape index (κ2) is 4.74. The van der Waals surface area contributed by atoms with Crippen molar-refractivity contribution in [2.24, 2.45) is 5.73 Å². The van der Waals surface area contributed by atoms with Crippen LogP contribution in [-0.2, 0) is 0 Å². The Balaban J connectivity index is 2.01. The second-order valence-electron chi connectivity index (χ2n) is 4.34. The molecule has 1 aromatic carbocycles. The van der Waals surface area contributed by atoms with E-state index in [9.17, 15) is 4.39 Å². The highest BCUT2D eigenvalue weighted by Gasteiger charge is 2.11. The number of aromatic nitrogens is 2. The summed E-state index contributed by atoms with van der Waals surface area (Å²) in [7, 11) is 0. The van der Waals surface area contributed by atoms with Crippen LogP contribution in [0.3, 0.4) is 0 Å². The van der Waals surface area contributed by atoms with Crippen LogP contribution in [0, 0.1) is 5.82 Å². The number of benzene rings is 1. The van der Waals surface area contributed by atoms with Gasteiger partial charge in [-0.1, -0.05) is 18.2 Å². The predicted molar refractivity (Wildman–Crippen MR) is 72.0 cm³/mol. The molecular formula is C15H12FN3.